The van der Waals surface area contributed by atoms with Gasteiger partial charge < -0.3 is 4.74 Å². The molecule has 0 aliphatic rings. The van der Waals surface area contributed by atoms with Crippen LogP contribution in [0.5, 0.6) is 0 Å². The second-order valence-electron chi connectivity index (χ2n) is 0.568. The number of hydrogen-bond acceptors (Lipinski definition) is 2. The zero-order valence-corrected chi connectivity index (χ0v) is 3.39. The molecule has 0 heterocycles. The summed E-state index contributed by atoms with van der Waals surface area (Å²) in [6.45, 7) is 0. The summed E-state index contributed by atoms with van der Waals surface area (Å²) in [6.07, 6.45) is 2.56. The Morgan fingerprint density at radius 2 is 2.50 bits per heavy atom. The van der Waals surface area contributed by atoms with Crippen LogP contribution < -0.4 is 0 Å². The maximum atomic E-state index is 9.31. The quantitative estimate of drug-likeness (QED) is 0.300. The van der Waals surface area contributed by atoms with E-state index in [0.717, 1.165) is 0 Å². The largest absolute Gasteiger partial charge is 0.450 e. The van der Waals surface area contributed by atoms with Crippen LogP contribution in [0.1, 0.15) is 0 Å². The minimum Gasteiger partial charge on any atom is -0.450 e. The second-order valence-corrected chi connectivity index (χ2v) is 0.568. The molecule has 0 rings (SSSR count). The van der Waals surface area contributed by atoms with Gasteiger partial charge in [-0.25, -0.2) is 0 Å². The minimum absolute atomic E-state index is 0.476. The molecule has 0 amide bonds. The van der Waals surface area contributed by atoms with Gasteiger partial charge in [-0.3, -0.25) is 4.79 Å². The normalized spacial score (nSPS) is 4.83. The first-order chi connectivity index (χ1) is 2.91. The van der Waals surface area contributed by atoms with Gasteiger partial charge >= 0.3 is 0 Å². The van der Waals surface area contributed by atoms with E-state index in [1.54, 1.807) is 0 Å². The third kappa shape index (κ3) is 3.03. The smallest absolute Gasteiger partial charge is 0.196 e. The van der Waals surface area contributed by atoms with Crippen molar-refractivity contribution in [3.8, 4) is 12.0 Å². The highest BCUT2D eigenvalue weighted by Crippen LogP contribution is 1.48. The molecule has 2 heteroatoms. The van der Waals surface area contributed by atoms with E-state index in [0.29, 0.717) is 6.29 Å². The average Bonchev–Trinajstić information content (AvgIpc) is 1.61. The number of aldehydes is 1. The van der Waals surface area contributed by atoms with Gasteiger partial charge in [0.05, 0.1) is 7.11 Å². The van der Waals surface area contributed by atoms with Crippen molar-refractivity contribution >= 4 is 6.29 Å². The highest BCUT2D eigenvalue weighted by atomic mass is 16.5. The number of ether oxygens (including phenoxy) is 1. The molecule has 0 radical (unpaired) electrons. The summed E-state index contributed by atoms with van der Waals surface area (Å²) in [5, 5.41) is 0. The highest BCUT2D eigenvalue weighted by Gasteiger charge is 1.52. The van der Waals surface area contributed by atoms with Gasteiger partial charge in [0.1, 0.15) is 6.11 Å². The van der Waals surface area contributed by atoms with Crippen LogP contribution in [0.3, 0.4) is 0 Å². The predicted molar refractivity (Wildman–Crippen MR) is 20.8 cm³/mol. The standard InChI is InChI=1S/C4H4O2/c1-6-4-2-3-5/h3H,1H3. The SMILES string of the molecule is COC#CC=O. The topological polar surface area (TPSA) is 26.3 Å². The Balaban J connectivity index is 3.13. The third-order valence-electron chi connectivity index (χ3n) is 0.220. The Morgan fingerprint density at radius 1 is 1.83 bits per heavy atom. The summed E-state index contributed by atoms with van der Waals surface area (Å²) < 4.78 is 4.19. The molecule has 0 aromatic carbocycles. The number of rotatable bonds is 0. The van der Waals surface area contributed by atoms with Crippen LogP contribution in [0.15, 0.2) is 0 Å². The van der Waals surface area contributed by atoms with Gasteiger partial charge in [0.2, 0.25) is 0 Å². The monoisotopic (exact) mass is 84.0 g/mol. The Bertz CT molecular complexity index is 85.5. The minimum atomic E-state index is 0.476. The van der Waals surface area contributed by atoms with Gasteiger partial charge in [-0.2, -0.15) is 0 Å². The van der Waals surface area contributed by atoms with Gasteiger partial charge in [-0.05, 0) is 0 Å². The molecule has 32 valence electrons. The number of carbonyl (C=O) groups is 1. The van der Waals surface area contributed by atoms with Crippen molar-refractivity contribution in [2.45, 2.75) is 0 Å². The van der Waals surface area contributed by atoms with Gasteiger partial charge in [-0.15, -0.1) is 0 Å². The van der Waals surface area contributed by atoms with Crippen LogP contribution in [0.25, 0.3) is 0 Å². The van der Waals surface area contributed by atoms with Crippen LogP contribution in [0, 0.1) is 12.0 Å². The first-order valence-corrected chi connectivity index (χ1v) is 1.39. The molecular weight excluding hydrogens is 80.0 g/mol. The Labute approximate surface area is 36.1 Å². The van der Waals surface area contributed by atoms with Gasteiger partial charge in [0, 0.05) is 5.92 Å². The molecule has 0 aliphatic heterocycles. The van der Waals surface area contributed by atoms with E-state index in [4.69, 9.17) is 0 Å². The van der Waals surface area contributed by atoms with Crippen LogP contribution >= 0.6 is 0 Å². The van der Waals surface area contributed by atoms with Crippen molar-refractivity contribution in [2.75, 3.05) is 7.11 Å². The van der Waals surface area contributed by atoms with Crippen molar-refractivity contribution in [2.24, 2.45) is 0 Å². The predicted octanol–water partition coefficient (Wildman–Crippen LogP) is -0.207. The Hall–Kier alpha value is -0.970. The molecule has 0 N–H and O–H groups in total. The van der Waals surface area contributed by atoms with E-state index in [2.05, 4.69) is 10.8 Å². The zero-order valence-electron chi connectivity index (χ0n) is 3.39. The van der Waals surface area contributed by atoms with E-state index in [9.17, 15) is 4.79 Å². The van der Waals surface area contributed by atoms with E-state index in [1.807, 2.05) is 5.92 Å². The summed E-state index contributed by atoms with van der Waals surface area (Å²) >= 11 is 0. The van der Waals surface area contributed by atoms with E-state index in [-0.39, 0.29) is 0 Å². The fraction of sp³-hybridized carbons (Fsp3) is 0.250. The summed E-state index contributed by atoms with van der Waals surface area (Å²) in [7, 11) is 1.40. The van der Waals surface area contributed by atoms with Crippen LogP contribution in [0.4, 0.5) is 0 Å². The van der Waals surface area contributed by atoms with Crippen LogP contribution in [-0.4, -0.2) is 13.4 Å². The van der Waals surface area contributed by atoms with Crippen molar-refractivity contribution in [1.29, 1.82) is 0 Å². The van der Waals surface area contributed by atoms with Crippen LogP contribution in [-0.2, 0) is 9.53 Å². The molecule has 0 aliphatic carbocycles. The lowest BCUT2D eigenvalue weighted by Gasteiger charge is -1.69. The van der Waals surface area contributed by atoms with Crippen molar-refractivity contribution < 1.29 is 9.53 Å². The fourth-order valence-corrected chi connectivity index (χ4v) is 0.0830. The van der Waals surface area contributed by atoms with E-state index in [1.165, 1.54) is 7.11 Å². The Morgan fingerprint density at radius 3 is 2.67 bits per heavy atom. The van der Waals surface area contributed by atoms with Crippen molar-refractivity contribution in [3.05, 3.63) is 0 Å². The van der Waals surface area contributed by atoms with Gasteiger partial charge in [0.15, 0.2) is 6.29 Å². The molecule has 2 nitrogen and oxygen atoms in total. The molecule has 0 fully saturated rings. The molecular formula is C4H4O2. The lowest BCUT2D eigenvalue weighted by molar-refractivity contribution is -0.103. The maximum absolute atomic E-state index is 9.31. The van der Waals surface area contributed by atoms with Crippen LogP contribution in [0.2, 0.25) is 0 Å². The summed E-state index contributed by atoms with van der Waals surface area (Å²) in [6, 6.07) is 0. The van der Waals surface area contributed by atoms with E-state index < -0.39 is 0 Å². The second kappa shape index (κ2) is 4.03. The molecule has 0 aromatic rings. The average molecular weight is 84.1 g/mol. The van der Waals surface area contributed by atoms with E-state index >= 15 is 0 Å². The zero-order chi connectivity index (χ0) is 4.83. The molecule has 0 unspecified atom stereocenters. The Kier molecular flexibility index (Phi) is 3.38. The molecule has 0 aromatic heterocycles. The summed E-state index contributed by atoms with van der Waals surface area (Å²) in [4.78, 5) is 9.31. The third-order valence-corrected chi connectivity index (χ3v) is 0.220. The number of methoxy groups -OCH3 is 1. The number of carbonyl (C=O) groups excluding carboxylic acids is 1. The number of hydrogen-bond donors (Lipinski definition) is 0. The first kappa shape index (κ1) is 5.03. The lowest BCUT2D eigenvalue weighted by atomic mass is 10.8. The summed E-state index contributed by atoms with van der Waals surface area (Å²) in [5.41, 5.74) is 0. The first-order valence-electron chi connectivity index (χ1n) is 1.39. The fourth-order valence-electron chi connectivity index (χ4n) is 0.0830. The maximum Gasteiger partial charge on any atom is 0.196 e. The van der Waals surface area contributed by atoms with Crippen molar-refractivity contribution in [1.82, 2.24) is 0 Å². The molecule has 0 spiro atoms. The van der Waals surface area contributed by atoms with Gasteiger partial charge in [-0.1, -0.05) is 0 Å². The molecule has 0 saturated heterocycles. The molecule has 0 atom stereocenters. The molecule has 0 saturated carbocycles. The highest BCUT2D eigenvalue weighted by molar-refractivity contribution is 5.71. The summed E-state index contributed by atoms with van der Waals surface area (Å²) in [5.74, 6) is 2.05. The molecule has 6 heavy (non-hydrogen) atoms. The molecule has 0 bridgehead atoms. The van der Waals surface area contributed by atoms with Gasteiger partial charge in [0.25, 0.3) is 0 Å². The van der Waals surface area contributed by atoms with Crippen molar-refractivity contribution in [3.63, 3.8) is 0 Å². The lowest BCUT2D eigenvalue weighted by Crippen LogP contribution is -1.64.